The molecule has 1 aromatic carbocycles. The monoisotopic (exact) mass is 232 g/mol. The molecule has 0 saturated heterocycles. The number of aromatic nitrogens is 2. The number of nitrogens with two attached hydrogens (primary N) is 1. The molecule has 0 aliphatic heterocycles. The standard InChI is InChI=1S/C12H16N4O/c1-16(8-9-7-12(13)15-14-9)10-5-3-4-6-11(10)17-2/h3-7H,8H2,1-2H3,(H3,13,14,15). The second-order valence-corrected chi connectivity index (χ2v) is 3.85. The third kappa shape index (κ3) is 2.50. The van der Waals surface area contributed by atoms with Crippen LogP contribution in [-0.4, -0.2) is 24.4 Å². The van der Waals surface area contributed by atoms with Crippen molar-refractivity contribution in [3.63, 3.8) is 0 Å². The van der Waals surface area contributed by atoms with Crippen molar-refractivity contribution < 1.29 is 4.74 Å². The van der Waals surface area contributed by atoms with Gasteiger partial charge >= 0.3 is 0 Å². The number of nitrogens with one attached hydrogen (secondary N) is 1. The van der Waals surface area contributed by atoms with Crippen molar-refractivity contribution in [3.05, 3.63) is 36.0 Å². The van der Waals surface area contributed by atoms with Gasteiger partial charge in [-0.2, -0.15) is 5.10 Å². The number of ether oxygens (including phenoxy) is 1. The summed E-state index contributed by atoms with van der Waals surface area (Å²) >= 11 is 0. The number of para-hydroxylation sites is 2. The van der Waals surface area contributed by atoms with Gasteiger partial charge in [-0.3, -0.25) is 5.10 Å². The lowest BCUT2D eigenvalue weighted by Gasteiger charge is -2.20. The lowest BCUT2D eigenvalue weighted by molar-refractivity contribution is 0.414. The first-order valence-electron chi connectivity index (χ1n) is 5.34. The van der Waals surface area contributed by atoms with Crippen molar-refractivity contribution in [1.29, 1.82) is 0 Å². The van der Waals surface area contributed by atoms with Gasteiger partial charge in [0.15, 0.2) is 0 Å². The average molecular weight is 232 g/mol. The van der Waals surface area contributed by atoms with Crippen molar-refractivity contribution in [2.24, 2.45) is 0 Å². The molecule has 1 heterocycles. The van der Waals surface area contributed by atoms with Crippen LogP contribution in [0.4, 0.5) is 11.5 Å². The van der Waals surface area contributed by atoms with Gasteiger partial charge in [0.05, 0.1) is 25.0 Å². The van der Waals surface area contributed by atoms with Crippen LogP contribution in [-0.2, 0) is 6.54 Å². The maximum atomic E-state index is 5.56. The zero-order chi connectivity index (χ0) is 12.3. The smallest absolute Gasteiger partial charge is 0.145 e. The topological polar surface area (TPSA) is 67.2 Å². The SMILES string of the molecule is COc1ccccc1N(C)Cc1cc(N)n[nH]1. The Morgan fingerprint density at radius 2 is 2.18 bits per heavy atom. The molecule has 0 fully saturated rings. The molecule has 17 heavy (non-hydrogen) atoms. The summed E-state index contributed by atoms with van der Waals surface area (Å²) in [6.07, 6.45) is 0. The number of methoxy groups -OCH3 is 1. The van der Waals surface area contributed by atoms with Crippen molar-refractivity contribution >= 4 is 11.5 Å². The van der Waals surface area contributed by atoms with Crippen molar-refractivity contribution in [2.75, 3.05) is 24.8 Å². The number of nitrogens with zero attached hydrogens (tertiary/aromatic N) is 2. The van der Waals surface area contributed by atoms with Crippen LogP contribution in [0.25, 0.3) is 0 Å². The number of benzene rings is 1. The predicted molar refractivity (Wildman–Crippen MR) is 68.1 cm³/mol. The Bertz CT molecular complexity index is 495. The zero-order valence-electron chi connectivity index (χ0n) is 9.97. The van der Waals surface area contributed by atoms with E-state index >= 15 is 0 Å². The third-order valence-electron chi connectivity index (χ3n) is 2.55. The quantitative estimate of drug-likeness (QED) is 0.841. The van der Waals surface area contributed by atoms with Gasteiger partial charge in [-0.15, -0.1) is 0 Å². The van der Waals surface area contributed by atoms with E-state index in [0.29, 0.717) is 12.4 Å². The number of hydrogen-bond acceptors (Lipinski definition) is 4. The molecule has 0 unspecified atom stereocenters. The minimum Gasteiger partial charge on any atom is -0.495 e. The summed E-state index contributed by atoms with van der Waals surface area (Å²) in [5.41, 5.74) is 7.56. The maximum absolute atomic E-state index is 5.56. The van der Waals surface area contributed by atoms with Gasteiger partial charge in [0.25, 0.3) is 0 Å². The summed E-state index contributed by atoms with van der Waals surface area (Å²) in [5, 5.41) is 6.79. The molecule has 90 valence electrons. The van der Waals surface area contributed by atoms with Crippen LogP contribution in [0.3, 0.4) is 0 Å². The molecule has 3 N–H and O–H groups in total. The molecule has 0 spiro atoms. The lowest BCUT2D eigenvalue weighted by Crippen LogP contribution is -2.17. The lowest BCUT2D eigenvalue weighted by atomic mass is 10.2. The molecule has 0 amide bonds. The third-order valence-corrected chi connectivity index (χ3v) is 2.55. The van der Waals surface area contributed by atoms with Gasteiger partial charge in [0.2, 0.25) is 0 Å². The van der Waals surface area contributed by atoms with Crippen molar-refractivity contribution in [1.82, 2.24) is 10.2 Å². The Labute approximate surface area is 100 Å². The van der Waals surface area contributed by atoms with Gasteiger partial charge < -0.3 is 15.4 Å². The Balaban J connectivity index is 2.16. The summed E-state index contributed by atoms with van der Waals surface area (Å²) in [4.78, 5) is 2.08. The largest absolute Gasteiger partial charge is 0.495 e. The Kier molecular flexibility index (Phi) is 3.18. The Morgan fingerprint density at radius 3 is 2.82 bits per heavy atom. The molecule has 0 atom stereocenters. The maximum Gasteiger partial charge on any atom is 0.145 e. The van der Waals surface area contributed by atoms with Gasteiger partial charge in [0.1, 0.15) is 11.6 Å². The summed E-state index contributed by atoms with van der Waals surface area (Å²) in [6, 6.07) is 9.71. The van der Waals surface area contributed by atoms with E-state index in [9.17, 15) is 0 Å². The van der Waals surface area contributed by atoms with Crippen molar-refractivity contribution in [3.8, 4) is 5.75 Å². The van der Waals surface area contributed by atoms with E-state index in [1.807, 2.05) is 37.4 Å². The first kappa shape index (κ1) is 11.3. The highest BCUT2D eigenvalue weighted by molar-refractivity contribution is 5.58. The number of rotatable bonds is 4. The highest BCUT2D eigenvalue weighted by Gasteiger charge is 2.08. The number of nitrogen functional groups attached to an aromatic ring is 1. The molecule has 1 aromatic heterocycles. The zero-order valence-corrected chi connectivity index (χ0v) is 9.97. The van der Waals surface area contributed by atoms with E-state index in [0.717, 1.165) is 17.1 Å². The highest BCUT2D eigenvalue weighted by Crippen LogP contribution is 2.27. The Hall–Kier alpha value is -2.17. The molecule has 0 saturated carbocycles. The number of anilines is 2. The van der Waals surface area contributed by atoms with Crippen LogP contribution in [0, 0.1) is 0 Å². The van der Waals surface area contributed by atoms with Crippen LogP contribution >= 0.6 is 0 Å². The summed E-state index contributed by atoms with van der Waals surface area (Å²) in [6.45, 7) is 0.699. The molecule has 5 nitrogen and oxygen atoms in total. The summed E-state index contributed by atoms with van der Waals surface area (Å²) in [5.74, 6) is 1.36. The minimum absolute atomic E-state index is 0.508. The van der Waals surface area contributed by atoms with Crippen LogP contribution < -0.4 is 15.4 Å². The second-order valence-electron chi connectivity index (χ2n) is 3.85. The van der Waals surface area contributed by atoms with Crippen LogP contribution in [0.2, 0.25) is 0 Å². The fourth-order valence-electron chi connectivity index (χ4n) is 1.75. The second kappa shape index (κ2) is 4.78. The first-order chi connectivity index (χ1) is 8.20. The number of H-pyrrole nitrogens is 1. The molecule has 5 heteroatoms. The van der Waals surface area contributed by atoms with Gasteiger partial charge in [-0.05, 0) is 12.1 Å². The fourth-order valence-corrected chi connectivity index (χ4v) is 1.75. The fraction of sp³-hybridized carbons (Fsp3) is 0.250. The van der Waals surface area contributed by atoms with E-state index in [4.69, 9.17) is 10.5 Å². The molecule has 2 rings (SSSR count). The molecule has 0 aliphatic carbocycles. The molecular weight excluding hydrogens is 216 g/mol. The summed E-state index contributed by atoms with van der Waals surface area (Å²) in [7, 11) is 3.66. The normalized spacial score (nSPS) is 10.2. The van der Waals surface area contributed by atoms with Crippen LogP contribution in [0.15, 0.2) is 30.3 Å². The molecule has 2 aromatic rings. The first-order valence-corrected chi connectivity index (χ1v) is 5.34. The van der Waals surface area contributed by atoms with Crippen molar-refractivity contribution in [2.45, 2.75) is 6.54 Å². The number of hydrogen-bond donors (Lipinski definition) is 2. The van der Waals surface area contributed by atoms with E-state index < -0.39 is 0 Å². The molecule has 0 aliphatic rings. The van der Waals surface area contributed by atoms with E-state index in [2.05, 4.69) is 15.1 Å². The van der Waals surface area contributed by atoms with Crippen LogP contribution in [0.5, 0.6) is 5.75 Å². The van der Waals surface area contributed by atoms with Gasteiger partial charge in [0, 0.05) is 13.1 Å². The molecule has 0 bridgehead atoms. The summed E-state index contributed by atoms with van der Waals surface area (Å²) < 4.78 is 5.32. The van der Waals surface area contributed by atoms with E-state index in [-0.39, 0.29) is 0 Å². The van der Waals surface area contributed by atoms with Gasteiger partial charge in [-0.25, -0.2) is 0 Å². The van der Waals surface area contributed by atoms with Gasteiger partial charge in [-0.1, -0.05) is 12.1 Å². The van der Waals surface area contributed by atoms with E-state index in [1.54, 1.807) is 7.11 Å². The Morgan fingerprint density at radius 1 is 1.41 bits per heavy atom. The highest BCUT2D eigenvalue weighted by atomic mass is 16.5. The number of aromatic amines is 1. The van der Waals surface area contributed by atoms with Crippen LogP contribution in [0.1, 0.15) is 5.69 Å². The molecular formula is C12H16N4O. The minimum atomic E-state index is 0.508. The molecule has 0 radical (unpaired) electrons. The predicted octanol–water partition coefficient (Wildman–Crippen LogP) is 1.64. The van der Waals surface area contributed by atoms with E-state index in [1.165, 1.54) is 0 Å². The average Bonchev–Trinajstić information content (AvgIpc) is 2.74.